The van der Waals surface area contributed by atoms with Crippen LogP contribution in [0.3, 0.4) is 0 Å². The third-order valence-electron chi connectivity index (χ3n) is 4.76. The SMILES string of the molecule is Cc1ccc(Oc2ccc(CN3CC[C@@H](N)[C@H](O)C3)cc2)cc1C. The molecular formula is C20H26N2O2. The first kappa shape index (κ1) is 17.0. The van der Waals surface area contributed by atoms with Crippen molar-refractivity contribution in [3.63, 3.8) is 0 Å². The van der Waals surface area contributed by atoms with Gasteiger partial charge in [-0.15, -0.1) is 0 Å². The predicted octanol–water partition coefficient (Wildman–Crippen LogP) is 2.99. The second kappa shape index (κ2) is 7.34. The lowest BCUT2D eigenvalue weighted by Gasteiger charge is -2.34. The van der Waals surface area contributed by atoms with Crippen LogP contribution >= 0.6 is 0 Å². The Labute approximate surface area is 143 Å². The Balaban J connectivity index is 1.60. The van der Waals surface area contributed by atoms with Crippen LogP contribution in [0.15, 0.2) is 42.5 Å². The van der Waals surface area contributed by atoms with Gasteiger partial charge in [0.15, 0.2) is 0 Å². The summed E-state index contributed by atoms with van der Waals surface area (Å²) in [5, 5.41) is 9.89. The number of nitrogens with two attached hydrogens (primary N) is 1. The van der Waals surface area contributed by atoms with E-state index < -0.39 is 6.10 Å². The Morgan fingerprint density at radius 3 is 2.46 bits per heavy atom. The number of aliphatic hydroxyl groups excluding tert-OH is 1. The summed E-state index contributed by atoms with van der Waals surface area (Å²) >= 11 is 0. The molecule has 1 heterocycles. The average Bonchev–Trinajstić information content (AvgIpc) is 2.56. The van der Waals surface area contributed by atoms with E-state index in [1.165, 1.54) is 16.7 Å². The van der Waals surface area contributed by atoms with Crippen LogP contribution < -0.4 is 10.5 Å². The maximum Gasteiger partial charge on any atom is 0.127 e. The monoisotopic (exact) mass is 326 g/mol. The molecule has 0 aliphatic carbocycles. The van der Waals surface area contributed by atoms with Crippen LogP contribution in [0.1, 0.15) is 23.1 Å². The normalized spacial score (nSPS) is 21.7. The Morgan fingerprint density at radius 1 is 1.08 bits per heavy atom. The molecule has 24 heavy (non-hydrogen) atoms. The number of ether oxygens (including phenoxy) is 1. The van der Waals surface area contributed by atoms with Crippen molar-refractivity contribution in [2.45, 2.75) is 39.0 Å². The second-order valence-electron chi connectivity index (χ2n) is 6.75. The number of benzene rings is 2. The number of aryl methyl sites for hydroxylation is 2. The van der Waals surface area contributed by atoms with Crippen molar-refractivity contribution in [3.05, 3.63) is 59.2 Å². The standard InChI is InChI=1S/C20H26N2O2/c1-14-3-6-18(11-15(14)2)24-17-7-4-16(5-8-17)12-22-10-9-19(21)20(23)13-22/h3-8,11,19-20,23H,9-10,12-13,21H2,1-2H3/t19-,20-/m1/s1. The lowest BCUT2D eigenvalue weighted by molar-refractivity contribution is 0.0499. The summed E-state index contributed by atoms with van der Waals surface area (Å²) in [6.07, 6.45) is 0.418. The van der Waals surface area contributed by atoms with Crippen LogP contribution in [0.4, 0.5) is 0 Å². The Hall–Kier alpha value is -1.88. The van der Waals surface area contributed by atoms with Gasteiger partial charge in [0.1, 0.15) is 11.5 Å². The summed E-state index contributed by atoms with van der Waals surface area (Å²) in [6, 6.07) is 14.2. The highest BCUT2D eigenvalue weighted by molar-refractivity contribution is 5.38. The minimum Gasteiger partial charge on any atom is -0.457 e. The van der Waals surface area contributed by atoms with Crippen LogP contribution in [-0.2, 0) is 6.54 Å². The number of likely N-dealkylation sites (tertiary alicyclic amines) is 1. The summed E-state index contributed by atoms with van der Waals surface area (Å²) in [6.45, 7) is 6.58. The molecule has 1 aliphatic rings. The highest BCUT2D eigenvalue weighted by Crippen LogP contribution is 2.24. The average molecular weight is 326 g/mol. The fraction of sp³-hybridized carbons (Fsp3) is 0.400. The van der Waals surface area contributed by atoms with E-state index in [2.05, 4.69) is 43.0 Å². The molecule has 0 aromatic heterocycles. The van der Waals surface area contributed by atoms with Crippen molar-refractivity contribution >= 4 is 0 Å². The third-order valence-corrected chi connectivity index (χ3v) is 4.76. The summed E-state index contributed by atoms with van der Waals surface area (Å²) in [5.74, 6) is 1.70. The molecule has 1 fully saturated rings. The van der Waals surface area contributed by atoms with E-state index in [1.54, 1.807) is 0 Å². The molecule has 0 spiro atoms. The van der Waals surface area contributed by atoms with Gasteiger partial charge in [-0.1, -0.05) is 18.2 Å². The molecule has 2 aromatic carbocycles. The first-order valence-electron chi connectivity index (χ1n) is 8.51. The number of hydrogen-bond donors (Lipinski definition) is 2. The van der Waals surface area contributed by atoms with E-state index >= 15 is 0 Å². The van der Waals surface area contributed by atoms with E-state index in [0.29, 0.717) is 6.54 Å². The van der Waals surface area contributed by atoms with Crippen molar-refractivity contribution in [1.82, 2.24) is 4.90 Å². The molecule has 4 heteroatoms. The largest absolute Gasteiger partial charge is 0.457 e. The molecular weight excluding hydrogens is 300 g/mol. The van der Waals surface area contributed by atoms with Gasteiger partial charge in [-0.25, -0.2) is 0 Å². The van der Waals surface area contributed by atoms with Gasteiger partial charge in [-0.3, -0.25) is 4.90 Å². The van der Waals surface area contributed by atoms with E-state index in [4.69, 9.17) is 10.5 Å². The third kappa shape index (κ3) is 4.15. The van der Waals surface area contributed by atoms with Gasteiger partial charge in [0, 0.05) is 25.7 Å². The fourth-order valence-electron chi connectivity index (χ4n) is 2.99. The molecule has 2 atom stereocenters. The Kier molecular flexibility index (Phi) is 5.19. The van der Waals surface area contributed by atoms with Crippen molar-refractivity contribution in [3.8, 4) is 11.5 Å². The molecule has 0 radical (unpaired) electrons. The van der Waals surface area contributed by atoms with E-state index in [9.17, 15) is 5.11 Å². The molecule has 0 saturated carbocycles. The first-order valence-corrected chi connectivity index (χ1v) is 8.51. The van der Waals surface area contributed by atoms with Gasteiger partial charge in [0.25, 0.3) is 0 Å². The summed E-state index contributed by atoms with van der Waals surface area (Å²) in [4.78, 5) is 2.24. The van der Waals surface area contributed by atoms with Crippen LogP contribution in [0.25, 0.3) is 0 Å². The van der Waals surface area contributed by atoms with Crippen LogP contribution in [0.5, 0.6) is 11.5 Å². The molecule has 3 rings (SSSR count). The van der Waals surface area contributed by atoms with E-state index in [0.717, 1.165) is 31.0 Å². The van der Waals surface area contributed by atoms with Gasteiger partial charge >= 0.3 is 0 Å². The van der Waals surface area contributed by atoms with Gasteiger partial charge in [0.2, 0.25) is 0 Å². The molecule has 128 valence electrons. The topological polar surface area (TPSA) is 58.7 Å². The highest BCUT2D eigenvalue weighted by Gasteiger charge is 2.24. The van der Waals surface area contributed by atoms with Crippen molar-refractivity contribution in [2.75, 3.05) is 13.1 Å². The lowest BCUT2D eigenvalue weighted by Crippen LogP contribution is -2.50. The number of β-amino-alcohol motifs (C(OH)–C–C–N with tert-alkyl or cyclic N) is 1. The van der Waals surface area contributed by atoms with Crippen LogP contribution in [0.2, 0.25) is 0 Å². The van der Waals surface area contributed by atoms with Gasteiger partial charge in [-0.2, -0.15) is 0 Å². The molecule has 0 unspecified atom stereocenters. The van der Waals surface area contributed by atoms with E-state index in [-0.39, 0.29) is 6.04 Å². The molecule has 1 aliphatic heterocycles. The summed E-state index contributed by atoms with van der Waals surface area (Å²) in [5.41, 5.74) is 9.56. The molecule has 2 aromatic rings. The zero-order valence-corrected chi connectivity index (χ0v) is 14.4. The molecule has 3 N–H and O–H groups in total. The highest BCUT2D eigenvalue weighted by atomic mass is 16.5. The van der Waals surface area contributed by atoms with Crippen molar-refractivity contribution in [2.24, 2.45) is 5.73 Å². The number of nitrogens with zero attached hydrogens (tertiary/aromatic N) is 1. The number of rotatable bonds is 4. The van der Waals surface area contributed by atoms with Gasteiger partial charge < -0.3 is 15.6 Å². The molecule has 0 amide bonds. The van der Waals surface area contributed by atoms with Crippen molar-refractivity contribution < 1.29 is 9.84 Å². The molecule has 1 saturated heterocycles. The first-order chi connectivity index (χ1) is 11.5. The summed E-state index contributed by atoms with van der Waals surface area (Å²) in [7, 11) is 0. The Morgan fingerprint density at radius 2 is 1.79 bits per heavy atom. The van der Waals surface area contributed by atoms with Gasteiger partial charge in [0.05, 0.1) is 6.10 Å². The van der Waals surface area contributed by atoms with E-state index in [1.807, 2.05) is 18.2 Å². The zero-order chi connectivity index (χ0) is 17.1. The fourth-order valence-corrected chi connectivity index (χ4v) is 2.99. The molecule has 0 bridgehead atoms. The Bertz CT molecular complexity index is 685. The minimum absolute atomic E-state index is 0.0880. The summed E-state index contributed by atoms with van der Waals surface area (Å²) < 4.78 is 5.92. The number of aliphatic hydroxyl groups is 1. The second-order valence-corrected chi connectivity index (χ2v) is 6.75. The lowest BCUT2D eigenvalue weighted by atomic mass is 10.0. The van der Waals surface area contributed by atoms with Gasteiger partial charge in [-0.05, 0) is 61.2 Å². The van der Waals surface area contributed by atoms with Crippen molar-refractivity contribution in [1.29, 1.82) is 0 Å². The molecule has 4 nitrogen and oxygen atoms in total. The maximum absolute atomic E-state index is 9.89. The van der Waals surface area contributed by atoms with Crippen LogP contribution in [0, 0.1) is 13.8 Å². The zero-order valence-electron chi connectivity index (χ0n) is 14.4. The van der Waals surface area contributed by atoms with Crippen LogP contribution in [-0.4, -0.2) is 35.2 Å². The maximum atomic E-state index is 9.89. The quantitative estimate of drug-likeness (QED) is 0.907. The smallest absolute Gasteiger partial charge is 0.127 e. The predicted molar refractivity (Wildman–Crippen MR) is 96.3 cm³/mol. The number of hydrogen-bond acceptors (Lipinski definition) is 4. The number of piperidine rings is 1. The minimum atomic E-state index is -0.425.